The van der Waals surface area contributed by atoms with E-state index in [9.17, 15) is 5.11 Å². The van der Waals surface area contributed by atoms with E-state index in [0.717, 1.165) is 27.8 Å². The minimum Gasteiger partial charge on any atom is -0.508 e. The van der Waals surface area contributed by atoms with Crippen LogP contribution in [0.25, 0.3) is 17.0 Å². The summed E-state index contributed by atoms with van der Waals surface area (Å²) in [6, 6.07) is 23.5. The summed E-state index contributed by atoms with van der Waals surface area (Å²) in [5, 5.41) is 14.7. The first-order valence-electron chi connectivity index (χ1n) is 10.1. The number of ether oxygens (including phenoxy) is 1. The molecule has 0 bridgehead atoms. The quantitative estimate of drug-likeness (QED) is 0.434. The third-order valence-electron chi connectivity index (χ3n) is 5.71. The summed E-state index contributed by atoms with van der Waals surface area (Å²) in [5.41, 5.74) is 5.70. The minimum absolute atomic E-state index is 0.148. The van der Waals surface area contributed by atoms with Crippen LogP contribution >= 0.6 is 0 Å². The Labute approximate surface area is 178 Å². The molecule has 6 nitrogen and oxygen atoms in total. The van der Waals surface area contributed by atoms with Gasteiger partial charge in [-0.15, -0.1) is 5.10 Å². The minimum atomic E-state index is -0.148. The molecule has 0 saturated heterocycles. The van der Waals surface area contributed by atoms with Crippen molar-refractivity contribution in [2.75, 3.05) is 0 Å². The number of aryl methyl sites for hydroxylation is 1. The highest BCUT2D eigenvalue weighted by Gasteiger charge is 2.33. The molecule has 1 atom stereocenters. The van der Waals surface area contributed by atoms with E-state index in [0.29, 0.717) is 23.1 Å². The first-order valence-corrected chi connectivity index (χ1v) is 10.1. The van der Waals surface area contributed by atoms with Crippen molar-refractivity contribution in [2.24, 2.45) is 0 Å². The number of nitrogens with zero attached hydrogens (tertiary/aromatic N) is 4. The Kier molecular flexibility index (Phi) is 3.80. The maximum Gasteiger partial charge on any atom is 0.228 e. The van der Waals surface area contributed by atoms with Gasteiger partial charge in [0.25, 0.3) is 0 Å². The molecule has 5 aromatic rings. The van der Waals surface area contributed by atoms with E-state index >= 15 is 0 Å². The molecule has 0 aliphatic carbocycles. The van der Waals surface area contributed by atoms with E-state index in [2.05, 4.69) is 17.1 Å². The van der Waals surface area contributed by atoms with Crippen LogP contribution in [-0.2, 0) is 0 Å². The highest BCUT2D eigenvalue weighted by molar-refractivity contribution is 5.69. The molecule has 0 radical (unpaired) electrons. The van der Waals surface area contributed by atoms with E-state index in [4.69, 9.17) is 14.8 Å². The number of hydrogen-bond acceptors (Lipinski definition) is 5. The Bertz CT molecular complexity index is 1440. The van der Waals surface area contributed by atoms with Gasteiger partial charge in [0.1, 0.15) is 17.8 Å². The van der Waals surface area contributed by atoms with Gasteiger partial charge in [-0.05, 0) is 24.1 Å². The number of phenolic OH excluding ortho intramolecular Hbond substituents is 1. The second kappa shape index (κ2) is 6.67. The molecular weight excluding hydrogens is 388 g/mol. The Balaban J connectivity index is 1.63. The van der Waals surface area contributed by atoms with Crippen molar-refractivity contribution in [3.05, 3.63) is 101 Å². The molecular formula is C25H18N4O2. The first kappa shape index (κ1) is 17.7. The number of aromatic nitrogens is 4. The molecule has 0 fully saturated rings. The Hall–Kier alpha value is -4.19. The van der Waals surface area contributed by atoms with Crippen molar-refractivity contribution in [2.45, 2.75) is 12.8 Å². The summed E-state index contributed by atoms with van der Waals surface area (Å²) in [6.45, 7) is 2.05. The summed E-state index contributed by atoms with van der Waals surface area (Å²) in [7, 11) is 0. The first-order chi connectivity index (χ1) is 15.2. The topological polar surface area (TPSA) is 72.5 Å². The molecule has 3 heterocycles. The number of benzene rings is 3. The molecule has 0 spiro atoms. The lowest BCUT2D eigenvalue weighted by molar-refractivity contribution is 0.422. The zero-order valence-corrected chi connectivity index (χ0v) is 16.7. The molecule has 0 saturated carbocycles. The molecule has 1 aliphatic heterocycles. The van der Waals surface area contributed by atoms with Gasteiger partial charge in [0.05, 0.1) is 5.56 Å². The lowest BCUT2D eigenvalue weighted by Crippen LogP contribution is -2.14. The fourth-order valence-electron chi connectivity index (χ4n) is 4.23. The van der Waals surface area contributed by atoms with Crippen LogP contribution in [0, 0.1) is 6.92 Å². The van der Waals surface area contributed by atoms with Crippen molar-refractivity contribution in [1.29, 1.82) is 0 Å². The largest absolute Gasteiger partial charge is 0.508 e. The number of fused-ring (bicyclic) bond motifs is 4. The highest BCUT2D eigenvalue weighted by atomic mass is 16.5. The van der Waals surface area contributed by atoms with Gasteiger partial charge < -0.3 is 9.84 Å². The van der Waals surface area contributed by atoms with E-state index < -0.39 is 0 Å². The van der Waals surface area contributed by atoms with E-state index in [1.165, 1.54) is 0 Å². The predicted molar refractivity (Wildman–Crippen MR) is 117 cm³/mol. The van der Waals surface area contributed by atoms with Crippen LogP contribution in [0.3, 0.4) is 0 Å². The van der Waals surface area contributed by atoms with Gasteiger partial charge in [0, 0.05) is 23.1 Å². The fraction of sp³-hybridized carbons (Fsp3) is 0.0800. The van der Waals surface area contributed by atoms with Crippen molar-refractivity contribution in [3.8, 4) is 28.8 Å². The van der Waals surface area contributed by atoms with Crippen molar-refractivity contribution < 1.29 is 9.84 Å². The molecule has 6 heteroatoms. The maximum atomic E-state index is 9.99. The van der Waals surface area contributed by atoms with Crippen molar-refractivity contribution in [3.63, 3.8) is 0 Å². The van der Waals surface area contributed by atoms with Gasteiger partial charge >= 0.3 is 0 Å². The highest BCUT2D eigenvalue weighted by Crippen LogP contribution is 2.48. The lowest BCUT2D eigenvalue weighted by Gasteiger charge is -2.27. The zero-order valence-electron chi connectivity index (χ0n) is 16.7. The van der Waals surface area contributed by atoms with Gasteiger partial charge in [-0.2, -0.15) is 0 Å². The van der Waals surface area contributed by atoms with Crippen molar-refractivity contribution >= 4 is 5.65 Å². The van der Waals surface area contributed by atoms with Gasteiger partial charge in [-0.25, -0.2) is 14.5 Å². The lowest BCUT2D eigenvalue weighted by atomic mass is 9.84. The zero-order chi connectivity index (χ0) is 20.9. The molecule has 2 aromatic heterocycles. The Morgan fingerprint density at radius 1 is 0.968 bits per heavy atom. The van der Waals surface area contributed by atoms with E-state index in [1.54, 1.807) is 23.0 Å². The molecule has 31 heavy (non-hydrogen) atoms. The summed E-state index contributed by atoms with van der Waals surface area (Å²) in [6.07, 6.45) is 1.62. The Morgan fingerprint density at radius 3 is 2.61 bits per heavy atom. The van der Waals surface area contributed by atoms with Gasteiger partial charge in [0.2, 0.25) is 5.88 Å². The average molecular weight is 406 g/mol. The van der Waals surface area contributed by atoms with Crippen LogP contribution in [0.15, 0.2) is 79.1 Å². The van der Waals surface area contributed by atoms with E-state index in [1.807, 2.05) is 55.5 Å². The number of phenols is 1. The third kappa shape index (κ3) is 2.76. The normalized spacial score (nSPS) is 14.7. The third-order valence-corrected chi connectivity index (χ3v) is 5.71. The number of rotatable bonds is 2. The van der Waals surface area contributed by atoms with Crippen LogP contribution in [0.1, 0.15) is 28.2 Å². The fourth-order valence-corrected chi connectivity index (χ4v) is 4.23. The monoisotopic (exact) mass is 406 g/mol. The predicted octanol–water partition coefficient (Wildman–Crippen LogP) is 5.09. The second-order valence-corrected chi connectivity index (χ2v) is 7.65. The molecule has 6 rings (SSSR count). The summed E-state index contributed by atoms with van der Waals surface area (Å²) in [5.74, 6) is 1.72. The standard InChI is InChI=1S/C25H18N4O2/c1-15-7-5-6-10-18(15)23-27-24-22-21(16-8-3-2-4-9-16)19-12-11-17(30)13-20(19)31-25(22)26-14-29(24)28-23/h2-14,21,30H,1H3. The van der Waals surface area contributed by atoms with Crippen molar-refractivity contribution in [1.82, 2.24) is 19.6 Å². The number of aromatic hydroxyl groups is 1. The van der Waals surface area contributed by atoms with Crippen LogP contribution in [0.2, 0.25) is 0 Å². The van der Waals surface area contributed by atoms with E-state index in [-0.39, 0.29) is 11.7 Å². The van der Waals surface area contributed by atoms with Crippen LogP contribution in [0.4, 0.5) is 0 Å². The molecule has 1 aliphatic rings. The summed E-state index contributed by atoms with van der Waals surface area (Å²) >= 11 is 0. The smallest absolute Gasteiger partial charge is 0.228 e. The van der Waals surface area contributed by atoms with Gasteiger partial charge in [-0.1, -0.05) is 60.7 Å². The summed E-state index contributed by atoms with van der Waals surface area (Å²) in [4.78, 5) is 9.44. The SMILES string of the molecule is Cc1ccccc1-c1nc2c3c(ncn2n1)Oc1cc(O)ccc1C3c1ccccc1. The molecule has 0 amide bonds. The van der Waals surface area contributed by atoms with Gasteiger partial charge in [0.15, 0.2) is 11.5 Å². The van der Waals surface area contributed by atoms with Gasteiger partial charge in [-0.3, -0.25) is 0 Å². The molecule has 1 N–H and O–H groups in total. The molecule has 3 aromatic carbocycles. The molecule has 150 valence electrons. The van der Waals surface area contributed by atoms with Crippen LogP contribution in [0.5, 0.6) is 17.4 Å². The molecule has 1 unspecified atom stereocenters. The van der Waals surface area contributed by atoms with Crippen LogP contribution in [-0.4, -0.2) is 24.7 Å². The second-order valence-electron chi connectivity index (χ2n) is 7.65. The van der Waals surface area contributed by atoms with Crippen LogP contribution < -0.4 is 4.74 Å². The Morgan fingerprint density at radius 2 is 1.77 bits per heavy atom. The maximum absolute atomic E-state index is 9.99. The average Bonchev–Trinajstić information content (AvgIpc) is 3.22. The number of hydrogen-bond donors (Lipinski definition) is 1. The summed E-state index contributed by atoms with van der Waals surface area (Å²) < 4.78 is 7.82.